The van der Waals surface area contributed by atoms with Crippen molar-refractivity contribution in [2.75, 3.05) is 22.9 Å². The third-order valence-electron chi connectivity index (χ3n) is 4.25. The van der Waals surface area contributed by atoms with Gasteiger partial charge < -0.3 is 21.5 Å². The van der Waals surface area contributed by atoms with Gasteiger partial charge in [-0.25, -0.2) is 4.39 Å². The van der Waals surface area contributed by atoms with Crippen LogP contribution in [0.5, 0.6) is 5.75 Å². The molecular weight excluding hydrogens is 345 g/mol. The van der Waals surface area contributed by atoms with E-state index in [1.165, 1.54) is 12.1 Å². The summed E-state index contributed by atoms with van der Waals surface area (Å²) in [5.74, 6) is 0.150. The van der Waals surface area contributed by atoms with E-state index in [1.807, 2.05) is 6.07 Å². The number of hydrogen-bond donors (Lipinski definition) is 4. The first-order valence-electron chi connectivity index (χ1n) is 8.74. The lowest BCUT2D eigenvalue weighted by Gasteiger charge is -2.20. The minimum atomic E-state index is -0.265. The summed E-state index contributed by atoms with van der Waals surface area (Å²) in [6.45, 7) is 2.65. The fourth-order valence-corrected chi connectivity index (χ4v) is 2.68. The fraction of sp³-hybridized carbons (Fsp3) is 0.200. The molecule has 1 unspecified atom stereocenters. The van der Waals surface area contributed by atoms with Gasteiger partial charge in [-0.3, -0.25) is 0 Å². The Bertz CT molecular complexity index is 901. The lowest BCUT2D eigenvalue weighted by Crippen LogP contribution is -2.28. The average molecular weight is 367 g/mol. The minimum absolute atomic E-state index is 0.108. The molecule has 3 rings (SSSR count). The van der Waals surface area contributed by atoms with E-state index in [-0.39, 0.29) is 23.4 Å². The lowest BCUT2D eigenvalue weighted by molar-refractivity contribution is 0.477. The topological polar surface area (TPSA) is 96.1 Å². The highest BCUT2D eigenvalue weighted by molar-refractivity contribution is 5.73. The number of aromatic nitrogens is 2. The Hall–Kier alpha value is -3.35. The SMILES string of the molecule is CCC(CNc1cc(-c2ccccc2O)nnc1N)Nc1ccc(F)cc1. The molecule has 0 aliphatic carbocycles. The second-order valence-corrected chi connectivity index (χ2v) is 6.18. The number of nitrogens with one attached hydrogen (secondary N) is 2. The zero-order chi connectivity index (χ0) is 19.2. The van der Waals surface area contributed by atoms with Crippen LogP contribution in [0.25, 0.3) is 11.3 Å². The molecule has 0 spiro atoms. The monoisotopic (exact) mass is 367 g/mol. The summed E-state index contributed by atoms with van der Waals surface area (Å²) in [6.07, 6.45) is 0.856. The maximum Gasteiger partial charge on any atom is 0.169 e. The first kappa shape index (κ1) is 18.4. The molecule has 27 heavy (non-hydrogen) atoms. The van der Waals surface area contributed by atoms with Crippen LogP contribution in [-0.4, -0.2) is 27.9 Å². The Kier molecular flexibility index (Phi) is 5.71. The molecule has 0 aliphatic heterocycles. The lowest BCUT2D eigenvalue weighted by atomic mass is 10.1. The first-order valence-corrected chi connectivity index (χ1v) is 8.74. The molecule has 0 saturated heterocycles. The van der Waals surface area contributed by atoms with Crippen molar-refractivity contribution in [1.29, 1.82) is 0 Å². The van der Waals surface area contributed by atoms with E-state index in [4.69, 9.17) is 5.73 Å². The molecule has 6 nitrogen and oxygen atoms in total. The average Bonchev–Trinajstić information content (AvgIpc) is 2.68. The summed E-state index contributed by atoms with van der Waals surface area (Å²) in [5.41, 5.74) is 8.55. The van der Waals surface area contributed by atoms with Gasteiger partial charge in [-0.15, -0.1) is 10.2 Å². The smallest absolute Gasteiger partial charge is 0.169 e. The summed E-state index contributed by atoms with van der Waals surface area (Å²) < 4.78 is 13.0. The number of nitrogens with two attached hydrogens (primary N) is 1. The van der Waals surface area contributed by atoms with Gasteiger partial charge in [0.25, 0.3) is 0 Å². The van der Waals surface area contributed by atoms with Gasteiger partial charge in [0.2, 0.25) is 0 Å². The number of nitrogen functional groups attached to an aromatic ring is 1. The first-order chi connectivity index (χ1) is 13.1. The maximum absolute atomic E-state index is 13.0. The molecule has 5 N–H and O–H groups in total. The van der Waals surface area contributed by atoms with Crippen molar-refractivity contribution in [3.8, 4) is 17.0 Å². The van der Waals surface area contributed by atoms with Crippen molar-refractivity contribution in [2.24, 2.45) is 0 Å². The molecule has 1 atom stereocenters. The van der Waals surface area contributed by atoms with Crippen molar-refractivity contribution in [1.82, 2.24) is 10.2 Å². The Morgan fingerprint density at radius 2 is 1.85 bits per heavy atom. The van der Waals surface area contributed by atoms with Gasteiger partial charge in [-0.05, 0) is 48.9 Å². The summed E-state index contributed by atoms with van der Waals surface area (Å²) in [7, 11) is 0. The molecular formula is C20H22FN5O. The van der Waals surface area contributed by atoms with Gasteiger partial charge in [0.1, 0.15) is 11.6 Å². The van der Waals surface area contributed by atoms with Crippen molar-refractivity contribution in [2.45, 2.75) is 19.4 Å². The minimum Gasteiger partial charge on any atom is -0.507 e. The highest BCUT2D eigenvalue weighted by atomic mass is 19.1. The van der Waals surface area contributed by atoms with Crippen molar-refractivity contribution >= 4 is 17.2 Å². The van der Waals surface area contributed by atoms with Crippen LogP contribution in [0.2, 0.25) is 0 Å². The predicted octanol–water partition coefficient (Wildman–Crippen LogP) is 3.87. The van der Waals surface area contributed by atoms with Gasteiger partial charge in [0.15, 0.2) is 5.82 Å². The quantitative estimate of drug-likeness (QED) is 0.506. The van der Waals surface area contributed by atoms with Gasteiger partial charge in [-0.1, -0.05) is 19.1 Å². The number of para-hydroxylation sites is 1. The zero-order valence-electron chi connectivity index (χ0n) is 15.0. The predicted molar refractivity (Wildman–Crippen MR) is 106 cm³/mol. The zero-order valence-corrected chi connectivity index (χ0v) is 15.0. The standard InChI is InChI=1S/C20H22FN5O/c1-2-14(24-15-9-7-13(21)8-10-15)12-23-18-11-17(25-26-20(18)22)16-5-3-4-6-19(16)27/h3-11,14,24,27H,2,12H2,1H3,(H2,22,26)(H,23,25). The van der Waals surface area contributed by atoms with E-state index in [2.05, 4.69) is 27.8 Å². The molecule has 7 heteroatoms. The fourth-order valence-electron chi connectivity index (χ4n) is 2.68. The third kappa shape index (κ3) is 4.63. The second-order valence-electron chi connectivity index (χ2n) is 6.18. The van der Waals surface area contributed by atoms with Crippen LogP contribution < -0.4 is 16.4 Å². The summed E-state index contributed by atoms with van der Waals surface area (Å²) in [6, 6.07) is 15.1. The van der Waals surface area contributed by atoms with Crippen LogP contribution in [0.15, 0.2) is 54.6 Å². The molecule has 0 amide bonds. The van der Waals surface area contributed by atoms with Crippen molar-refractivity contribution < 1.29 is 9.50 Å². The number of benzene rings is 2. The van der Waals surface area contributed by atoms with Crippen LogP contribution >= 0.6 is 0 Å². The Morgan fingerprint density at radius 3 is 2.56 bits per heavy atom. The van der Waals surface area contributed by atoms with Crippen LogP contribution in [0.3, 0.4) is 0 Å². The molecule has 0 radical (unpaired) electrons. The molecule has 140 valence electrons. The number of anilines is 3. The van der Waals surface area contributed by atoms with E-state index < -0.39 is 0 Å². The summed E-state index contributed by atoms with van der Waals surface area (Å²) >= 11 is 0. The third-order valence-corrected chi connectivity index (χ3v) is 4.25. The number of phenolic OH excluding ortho intramolecular Hbond substituents is 1. The van der Waals surface area contributed by atoms with Crippen molar-refractivity contribution in [3.05, 3.63) is 60.4 Å². The molecule has 0 saturated carbocycles. The summed E-state index contributed by atoms with van der Waals surface area (Å²) in [4.78, 5) is 0. The second kappa shape index (κ2) is 8.35. The van der Waals surface area contributed by atoms with Gasteiger partial charge in [0.05, 0.1) is 11.4 Å². The normalized spacial score (nSPS) is 11.8. The number of phenols is 1. The molecule has 0 bridgehead atoms. The Morgan fingerprint density at radius 1 is 1.11 bits per heavy atom. The number of hydrogen-bond acceptors (Lipinski definition) is 6. The van der Waals surface area contributed by atoms with Crippen LogP contribution in [0, 0.1) is 5.82 Å². The molecule has 3 aromatic rings. The molecule has 2 aromatic carbocycles. The van der Waals surface area contributed by atoms with Crippen LogP contribution in [-0.2, 0) is 0 Å². The van der Waals surface area contributed by atoms with Crippen LogP contribution in [0.1, 0.15) is 13.3 Å². The van der Waals surface area contributed by atoms with Crippen molar-refractivity contribution in [3.63, 3.8) is 0 Å². The van der Waals surface area contributed by atoms with E-state index in [0.29, 0.717) is 23.5 Å². The van der Waals surface area contributed by atoms with E-state index in [9.17, 15) is 9.50 Å². The van der Waals surface area contributed by atoms with Gasteiger partial charge in [-0.2, -0.15) is 0 Å². The molecule has 0 fully saturated rings. The largest absolute Gasteiger partial charge is 0.507 e. The van der Waals surface area contributed by atoms with Gasteiger partial charge in [0, 0.05) is 23.8 Å². The Balaban J connectivity index is 1.71. The van der Waals surface area contributed by atoms with Crippen LogP contribution in [0.4, 0.5) is 21.6 Å². The van der Waals surface area contributed by atoms with E-state index >= 15 is 0 Å². The summed E-state index contributed by atoms with van der Waals surface area (Å²) in [5, 5.41) is 24.7. The van der Waals surface area contributed by atoms with E-state index in [0.717, 1.165) is 12.1 Å². The highest BCUT2D eigenvalue weighted by Gasteiger charge is 2.12. The maximum atomic E-state index is 13.0. The molecule has 0 aliphatic rings. The Labute approximate surface area is 157 Å². The number of aromatic hydroxyl groups is 1. The number of rotatable bonds is 7. The van der Waals surface area contributed by atoms with Gasteiger partial charge >= 0.3 is 0 Å². The van der Waals surface area contributed by atoms with E-state index in [1.54, 1.807) is 36.4 Å². The molecule has 1 heterocycles. The number of nitrogens with zero attached hydrogens (tertiary/aromatic N) is 2. The number of halogens is 1. The molecule has 1 aromatic heterocycles. The highest BCUT2D eigenvalue weighted by Crippen LogP contribution is 2.29.